The molecule has 0 bridgehead atoms. The van der Waals surface area contributed by atoms with Gasteiger partial charge in [-0.05, 0) is 64.0 Å². The second-order valence-electron chi connectivity index (χ2n) is 5.43. The fourth-order valence-corrected chi connectivity index (χ4v) is 2.72. The average molecular weight is 433 g/mol. The van der Waals surface area contributed by atoms with Crippen LogP contribution in [0, 0.1) is 5.82 Å². The van der Waals surface area contributed by atoms with Gasteiger partial charge >= 0.3 is 0 Å². The molecule has 0 aliphatic rings. The van der Waals surface area contributed by atoms with E-state index in [-0.39, 0.29) is 23.0 Å². The van der Waals surface area contributed by atoms with Crippen LogP contribution in [0.25, 0.3) is 11.3 Å². The number of rotatable bonds is 5. The average Bonchev–Trinajstić information content (AvgIpc) is 3.15. The van der Waals surface area contributed by atoms with Gasteiger partial charge in [0.2, 0.25) is 0 Å². The summed E-state index contributed by atoms with van der Waals surface area (Å²) in [5.74, 6) is -0.588. The molecule has 0 fully saturated rings. The van der Waals surface area contributed by atoms with E-state index in [1.165, 1.54) is 31.5 Å². The Labute approximate surface area is 162 Å². The number of nitrogens with zero attached hydrogens (tertiary/aromatic N) is 2. The predicted molar refractivity (Wildman–Crippen MR) is 101 cm³/mol. The number of H-pyrrole nitrogens is 1. The first-order valence-electron chi connectivity index (χ1n) is 7.69. The third kappa shape index (κ3) is 4.32. The molecule has 7 nitrogen and oxygen atoms in total. The molecular weight excluding hydrogens is 419 g/mol. The Morgan fingerprint density at radius 3 is 2.78 bits per heavy atom. The number of carbonyl (C=O) groups is 1. The molecule has 9 heteroatoms. The minimum absolute atomic E-state index is 0.0236. The van der Waals surface area contributed by atoms with Gasteiger partial charge in [-0.1, -0.05) is 0 Å². The highest BCUT2D eigenvalue weighted by Gasteiger charge is 2.11. The largest absolute Gasteiger partial charge is 0.503 e. The number of amides is 1. The zero-order valence-corrected chi connectivity index (χ0v) is 15.6. The number of hydrogen-bond acceptors (Lipinski definition) is 5. The predicted octanol–water partition coefficient (Wildman–Crippen LogP) is 3.46. The molecule has 0 aliphatic carbocycles. The van der Waals surface area contributed by atoms with Crippen molar-refractivity contribution in [1.29, 1.82) is 0 Å². The van der Waals surface area contributed by atoms with Gasteiger partial charge in [-0.15, -0.1) is 0 Å². The molecule has 1 amide bonds. The summed E-state index contributed by atoms with van der Waals surface area (Å²) in [6, 6.07) is 10.5. The molecule has 0 unspecified atom stereocenters. The quantitative estimate of drug-likeness (QED) is 0.424. The smallest absolute Gasteiger partial charge is 0.289 e. The third-order valence-electron chi connectivity index (χ3n) is 3.61. The number of aromatic nitrogens is 2. The molecule has 0 saturated carbocycles. The van der Waals surface area contributed by atoms with E-state index in [2.05, 4.69) is 36.7 Å². The highest BCUT2D eigenvalue weighted by molar-refractivity contribution is 9.10. The number of carbonyl (C=O) groups excluding carboxylic acids is 1. The van der Waals surface area contributed by atoms with Crippen LogP contribution in [0.2, 0.25) is 0 Å². The van der Waals surface area contributed by atoms with Gasteiger partial charge in [0.25, 0.3) is 5.91 Å². The number of phenols is 1. The molecule has 3 aromatic rings. The van der Waals surface area contributed by atoms with Crippen LogP contribution in [-0.2, 0) is 0 Å². The molecule has 0 spiro atoms. The Bertz CT molecular complexity index is 1000. The van der Waals surface area contributed by atoms with Crippen LogP contribution < -0.4 is 10.2 Å². The molecule has 0 atom stereocenters. The van der Waals surface area contributed by atoms with Crippen LogP contribution in [0.3, 0.4) is 0 Å². The topological polar surface area (TPSA) is 99.6 Å². The van der Waals surface area contributed by atoms with Crippen LogP contribution in [-0.4, -0.2) is 34.5 Å². The Morgan fingerprint density at radius 2 is 2.07 bits per heavy atom. The summed E-state index contributed by atoms with van der Waals surface area (Å²) in [5, 5.41) is 20.3. The van der Waals surface area contributed by atoms with Gasteiger partial charge in [-0.3, -0.25) is 9.89 Å². The van der Waals surface area contributed by atoms with Crippen LogP contribution in [0.15, 0.2) is 52.0 Å². The summed E-state index contributed by atoms with van der Waals surface area (Å²) in [4.78, 5) is 12.1. The zero-order valence-electron chi connectivity index (χ0n) is 14.0. The van der Waals surface area contributed by atoms with Crippen molar-refractivity contribution in [3.05, 3.63) is 64.0 Å². The molecule has 0 aliphatic heterocycles. The Hall–Kier alpha value is -3.20. The first-order chi connectivity index (χ1) is 13.0. The van der Waals surface area contributed by atoms with E-state index >= 15 is 0 Å². The van der Waals surface area contributed by atoms with Gasteiger partial charge in [0, 0.05) is 5.56 Å². The number of methoxy groups -OCH3 is 1. The summed E-state index contributed by atoms with van der Waals surface area (Å²) in [6.45, 7) is 0. The van der Waals surface area contributed by atoms with Crippen molar-refractivity contribution in [3.63, 3.8) is 0 Å². The molecular formula is C18H14BrFN4O3. The molecule has 0 radical (unpaired) electrons. The van der Waals surface area contributed by atoms with Gasteiger partial charge < -0.3 is 9.84 Å². The maximum absolute atomic E-state index is 13.0. The number of aromatic hydroxyl groups is 1. The molecule has 1 aromatic heterocycles. The van der Waals surface area contributed by atoms with Crippen molar-refractivity contribution in [3.8, 4) is 22.8 Å². The molecule has 3 N–H and O–H groups in total. The van der Waals surface area contributed by atoms with Crippen molar-refractivity contribution in [2.24, 2.45) is 5.10 Å². The van der Waals surface area contributed by atoms with E-state index < -0.39 is 5.91 Å². The monoisotopic (exact) mass is 432 g/mol. The maximum atomic E-state index is 13.0. The summed E-state index contributed by atoms with van der Waals surface area (Å²) in [5.41, 5.74) is 4.37. The summed E-state index contributed by atoms with van der Waals surface area (Å²) >= 11 is 3.21. The molecule has 27 heavy (non-hydrogen) atoms. The minimum Gasteiger partial charge on any atom is -0.503 e. The number of halogens is 2. The summed E-state index contributed by atoms with van der Waals surface area (Å²) < 4.78 is 18.5. The first-order valence-corrected chi connectivity index (χ1v) is 8.48. The van der Waals surface area contributed by atoms with E-state index in [9.17, 15) is 14.3 Å². The lowest BCUT2D eigenvalue weighted by atomic mass is 10.1. The Kier molecular flexibility index (Phi) is 5.51. The van der Waals surface area contributed by atoms with Crippen molar-refractivity contribution in [2.45, 2.75) is 0 Å². The second-order valence-corrected chi connectivity index (χ2v) is 6.28. The molecule has 3 rings (SSSR count). The van der Waals surface area contributed by atoms with Crippen LogP contribution in [0.5, 0.6) is 11.5 Å². The third-order valence-corrected chi connectivity index (χ3v) is 4.22. The summed E-state index contributed by atoms with van der Waals surface area (Å²) in [6.07, 6.45) is 1.40. The lowest BCUT2D eigenvalue weighted by molar-refractivity contribution is 0.0950. The van der Waals surface area contributed by atoms with E-state index in [1.807, 2.05) is 0 Å². The number of benzene rings is 2. The van der Waals surface area contributed by atoms with Crippen molar-refractivity contribution >= 4 is 28.1 Å². The molecule has 2 aromatic carbocycles. The van der Waals surface area contributed by atoms with Crippen LogP contribution in [0.1, 0.15) is 16.1 Å². The van der Waals surface area contributed by atoms with E-state index in [1.54, 1.807) is 24.3 Å². The van der Waals surface area contributed by atoms with Crippen molar-refractivity contribution in [1.82, 2.24) is 15.6 Å². The fraction of sp³-hybridized carbons (Fsp3) is 0.0556. The number of nitrogens with one attached hydrogen (secondary N) is 2. The van der Waals surface area contributed by atoms with E-state index in [0.29, 0.717) is 21.3 Å². The fourth-order valence-electron chi connectivity index (χ4n) is 2.26. The van der Waals surface area contributed by atoms with Crippen molar-refractivity contribution < 1.29 is 19.0 Å². The normalized spacial score (nSPS) is 10.9. The van der Waals surface area contributed by atoms with E-state index in [0.717, 1.165) is 0 Å². The first kappa shape index (κ1) is 18.6. The number of phenolic OH excluding ortho intramolecular Hbond substituents is 1. The van der Waals surface area contributed by atoms with Crippen LogP contribution >= 0.6 is 15.9 Å². The van der Waals surface area contributed by atoms with Gasteiger partial charge in [0.05, 0.1) is 23.5 Å². The SMILES string of the molecule is COc1cc(/C=N/NC(=O)c2cc(-c3ccc(F)cc3)n[nH]2)cc(Br)c1O. The number of hydrogen-bond donors (Lipinski definition) is 3. The summed E-state index contributed by atoms with van der Waals surface area (Å²) in [7, 11) is 1.43. The number of ether oxygens (including phenoxy) is 1. The lowest BCUT2D eigenvalue weighted by Gasteiger charge is -2.06. The second kappa shape index (κ2) is 8.00. The molecule has 0 saturated heterocycles. The highest BCUT2D eigenvalue weighted by atomic mass is 79.9. The van der Waals surface area contributed by atoms with Crippen molar-refractivity contribution in [2.75, 3.05) is 7.11 Å². The molecule has 1 heterocycles. The van der Waals surface area contributed by atoms with Gasteiger partial charge in [0.15, 0.2) is 11.5 Å². The standard InChI is InChI=1S/C18H14BrFN4O3/c1-27-16-7-10(6-13(19)17(16)25)9-21-24-18(26)15-8-14(22-23-15)11-2-4-12(20)5-3-11/h2-9,25H,1H3,(H,22,23)(H,24,26)/b21-9+. The highest BCUT2D eigenvalue weighted by Crippen LogP contribution is 2.34. The van der Waals surface area contributed by atoms with E-state index in [4.69, 9.17) is 4.74 Å². The van der Waals surface area contributed by atoms with Gasteiger partial charge in [-0.2, -0.15) is 10.2 Å². The maximum Gasteiger partial charge on any atom is 0.289 e. The zero-order chi connectivity index (χ0) is 19.4. The van der Waals surface area contributed by atoms with Crippen LogP contribution in [0.4, 0.5) is 4.39 Å². The van der Waals surface area contributed by atoms with Gasteiger partial charge in [0.1, 0.15) is 11.5 Å². The molecule has 138 valence electrons. The lowest BCUT2D eigenvalue weighted by Crippen LogP contribution is -2.18. The van der Waals surface area contributed by atoms with Gasteiger partial charge in [-0.25, -0.2) is 9.82 Å². The number of aromatic amines is 1. The Balaban J connectivity index is 1.69. The minimum atomic E-state index is -0.489. The number of hydrazone groups is 1. The Morgan fingerprint density at radius 1 is 1.33 bits per heavy atom.